The van der Waals surface area contributed by atoms with Crippen molar-refractivity contribution in [3.8, 4) is 0 Å². The number of carbonyl (C=O) groups excluding carboxylic acids is 1. The minimum Gasteiger partial charge on any atom is -0.325 e. The Morgan fingerprint density at radius 2 is 1.92 bits per heavy atom. The first kappa shape index (κ1) is 17.8. The lowest BCUT2D eigenvalue weighted by atomic mass is 10.1. The first-order chi connectivity index (χ1) is 11.8. The zero-order chi connectivity index (χ0) is 18.2. The molecule has 2 aromatic carbocycles. The molecule has 132 valence electrons. The van der Waals surface area contributed by atoms with Crippen LogP contribution in [0.3, 0.4) is 0 Å². The molecule has 1 heterocycles. The molecular weight excluding hydrogens is 356 g/mol. The average Bonchev–Trinajstić information content (AvgIpc) is 2.69. The van der Waals surface area contributed by atoms with Gasteiger partial charge in [-0.25, -0.2) is 8.42 Å². The third-order valence-electron chi connectivity index (χ3n) is 4.08. The summed E-state index contributed by atoms with van der Waals surface area (Å²) < 4.78 is 28.1. The molecule has 0 aliphatic carbocycles. The predicted octanol–water partition coefficient (Wildman–Crippen LogP) is 3.78. The second-order valence-electron chi connectivity index (χ2n) is 6.28. The van der Waals surface area contributed by atoms with Crippen LogP contribution in [0.1, 0.15) is 18.1 Å². The van der Waals surface area contributed by atoms with Gasteiger partial charge in [-0.05, 0) is 43.7 Å². The molecule has 0 saturated carbocycles. The molecule has 1 amide bonds. The number of carbonyl (C=O) groups is 1. The molecule has 0 spiro atoms. The minimum absolute atomic E-state index is 0.0943. The van der Waals surface area contributed by atoms with Gasteiger partial charge in [-0.3, -0.25) is 9.52 Å². The van der Waals surface area contributed by atoms with E-state index in [0.717, 1.165) is 16.0 Å². The van der Waals surface area contributed by atoms with E-state index in [1.807, 2.05) is 32.9 Å². The van der Waals surface area contributed by atoms with Crippen molar-refractivity contribution in [2.24, 2.45) is 5.92 Å². The van der Waals surface area contributed by atoms with Crippen LogP contribution in [-0.4, -0.2) is 20.1 Å². The maximum absolute atomic E-state index is 12.7. The Balaban J connectivity index is 1.93. The van der Waals surface area contributed by atoms with Crippen LogP contribution in [-0.2, 0) is 14.8 Å². The van der Waals surface area contributed by atoms with Crippen molar-refractivity contribution in [3.05, 3.63) is 47.5 Å². The number of sulfonamides is 1. The lowest BCUT2D eigenvalue weighted by Gasteiger charge is -2.13. The molecule has 2 aromatic rings. The second kappa shape index (κ2) is 6.72. The van der Waals surface area contributed by atoms with Crippen LogP contribution in [0.15, 0.2) is 46.2 Å². The van der Waals surface area contributed by atoms with Gasteiger partial charge >= 0.3 is 0 Å². The summed E-state index contributed by atoms with van der Waals surface area (Å²) in [5, 5.41) is 2.82. The maximum atomic E-state index is 12.7. The van der Waals surface area contributed by atoms with Gasteiger partial charge in [0, 0.05) is 16.6 Å². The third-order valence-corrected chi connectivity index (χ3v) is 6.78. The van der Waals surface area contributed by atoms with Gasteiger partial charge in [0.15, 0.2) is 0 Å². The Morgan fingerprint density at radius 3 is 2.64 bits per heavy atom. The second-order valence-corrected chi connectivity index (χ2v) is 9.03. The van der Waals surface area contributed by atoms with Gasteiger partial charge in [0.1, 0.15) is 0 Å². The number of fused-ring (bicyclic) bond motifs is 1. The van der Waals surface area contributed by atoms with Crippen LogP contribution in [0.4, 0.5) is 11.4 Å². The number of nitrogens with one attached hydrogen (secondary N) is 2. The molecule has 0 aromatic heterocycles. The van der Waals surface area contributed by atoms with Crippen molar-refractivity contribution in [1.82, 2.24) is 0 Å². The zero-order valence-electron chi connectivity index (χ0n) is 14.3. The first-order valence-electron chi connectivity index (χ1n) is 7.94. The van der Waals surface area contributed by atoms with E-state index in [9.17, 15) is 13.2 Å². The van der Waals surface area contributed by atoms with Crippen LogP contribution < -0.4 is 10.0 Å². The number of hydrogen-bond acceptors (Lipinski definition) is 4. The lowest BCUT2D eigenvalue weighted by Crippen LogP contribution is -2.20. The van der Waals surface area contributed by atoms with Crippen molar-refractivity contribution < 1.29 is 13.2 Å². The highest BCUT2D eigenvalue weighted by molar-refractivity contribution is 7.99. The average molecular weight is 377 g/mol. The van der Waals surface area contributed by atoms with E-state index < -0.39 is 10.0 Å². The van der Waals surface area contributed by atoms with E-state index in [1.165, 1.54) is 6.07 Å². The normalized spacial score (nSPS) is 17.4. The summed E-state index contributed by atoms with van der Waals surface area (Å²) in [4.78, 5) is 13.0. The van der Waals surface area contributed by atoms with E-state index in [0.29, 0.717) is 17.1 Å². The van der Waals surface area contributed by atoms with E-state index in [4.69, 9.17) is 0 Å². The number of aryl methyl sites for hydroxylation is 2. The van der Waals surface area contributed by atoms with Crippen LogP contribution in [0.5, 0.6) is 0 Å². The van der Waals surface area contributed by atoms with Crippen molar-refractivity contribution in [1.29, 1.82) is 0 Å². The summed E-state index contributed by atoms with van der Waals surface area (Å²) in [6, 6.07) is 10.4. The highest BCUT2D eigenvalue weighted by atomic mass is 32.2. The molecule has 0 bridgehead atoms. The zero-order valence-corrected chi connectivity index (χ0v) is 15.9. The van der Waals surface area contributed by atoms with Crippen LogP contribution in [0.2, 0.25) is 0 Å². The molecule has 0 radical (unpaired) electrons. The number of thioether (sulfide) groups is 1. The highest BCUT2D eigenvalue weighted by Gasteiger charge is 2.23. The van der Waals surface area contributed by atoms with E-state index in [-0.39, 0.29) is 16.7 Å². The Hall–Kier alpha value is -1.99. The fourth-order valence-corrected chi connectivity index (χ4v) is 4.75. The first-order valence-corrected chi connectivity index (χ1v) is 10.4. The highest BCUT2D eigenvalue weighted by Crippen LogP contribution is 2.34. The molecule has 1 atom stereocenters. The maximum Gasteiger partial charge on any atom is 0.261 e. The molecule has 1 aliphatic heterocycles. The van der Waals surface area contributed by atoms with Gasteiger partial charge in [0.25, 0.3) is 10.0 Å². The molecule has 3 rings (SSSR count). The van der Waals surface area contributed by atoms with E-state index in [1.54, 1.807) is 30.0 Å². The molecule has 1 unspecified atom stereocenters. The van der Waals surface area contributed by atoms with Gasteiger partial charge in [0.05, 0.1) is 16.3 Å². The van der Waals surface area contributed by atoms with Crippen molar-refractivity contribution in [2.45, 2.75) is 30.6 Å². The Labute approximate surface area is 152 Å². The summed E-state index contributed by atoms with van der Waals surface area (Å²) in [5.41, 5.74) is 3.02. The van der Waals surface area contributed by atoms with Gasteiger partial charge in [-0.1, -0.05) is 24.6 Å². The molecule has 2 N–H and O–H groups in total. The molecule has 0 fully saturated rings. The SMILES string of the molecule is Cc1ccc(NS(=O)(=O)c2ccc3c(c2)NC(=O)C(C)CS3)c(C)c1. The Morgan fingerprint density at radius 1 is 1.16 bits per heavy atom. The van der Waals surface area contributed by atoms with Gasteiger partial charge in [-0.2, -0.15) is 0 Å². The van der Waals surface area contributed by atoms with Crippen molar-refractivity contribution >= 4 is 39.1 Å². The number of hydrogen-bond donors (Lipinski definition) is 2. The molecule has 1 aliphatic rings. The van der Waals surface area contributed by atoms with E-state index >= 15 is 0 Å². The quantitative estimate of drug-likeness (QED) is 0.855. The fraction of sp³-hybridized carbons (Fsp3) is 0.278. The third kappa shape index (κ3) is 3.82. The monoisotopic (exact) mass is 376 g/mol. The summed E-state index contributed by atoms with van der Waals surface area (Å²) in [5.74, 6) is 0.458. The number of anilines is 2. The number of benzene rings is 2. The summed E-state index contributed by atoms with van der Waals surface area (Å²) in [7, 11) is -3.74. The lowest BCUT2D eigenvalue weighted by molar-refractivity contribution is -0.118. The van der Waals surface area contributed by atoms with Gasteiger partial charge < -0.3 is 5.32 Å². The van der Waals surface area contributed by atoms with Crippen LogP contribution in [0.25, 0.3) is 0 Å². The fourth-order valence-electron chi connectivity index (χ4n) is 2.58. The standard InChI is InChI=1S/C18H20N2O3S2/c1-11-4-6-15(12(2)8-11)20-25(22,23)14-5-7-17-16(9-14)19-18(21)13(3)10-24-17/h4-9,13,20H,10H2,1-3H3,(H,19,21). The van der Waals surface area contributed by atoms with Crippen LogP contribution >= 0.6 is 11.8 Å². The smallest absolute Gasteiger partial charge is 0.261 e. The summed E-state index contributed by atoms with van der Waals surface area (Å²) in [6.07, 6.45) is 0. The van der Waals surface area contributed by atoms with E-state index in [2.05, 4.69) is 10.0 Å². The molecular formula is C18H20N2O3S2. The van der Waals surface area contributed by atoms with Gasteiger partial charge in [0.2, 0.25) is 5.91 Å². The Bertz CT molecular complexity index is 939. The molecule has 5 nitrogen and oxygen atoms in total. The molecule has 25 heavy (non-hydrogen) atoms. The van der Waals surface area contributed by atoms with Crippen molar-refractivity contribution in [3.63, 3.8) is 0 Å². The summed E-state index contributed by atoms with van der Waals surface area (Å²) in [6.45, 7) is 5.67. The topological polar surface area (TPSA) is 75.3 Å². The number of amides is 1. The largest absolute Gasteiger partial charge is 0.325 e. The minimum atomic E-state index is -3.74. The molecule has 0 saturated heterocycles. The van der Waals surface area contributed by atoms with Crippen molar-refractivity contribution in [2.75, 3.05) is 15.8 Å². The Kier molecular flexibility index (Phi) is 4.79. The molecule has 7 heteroatoms. The summed E-state index contributed by atoms with van der Waals surface area (Å²) >= 11 is 1.55. The van der Waals surface area contributed by atoms with Gasteiger partial charge in [-0.15, -0.1) is 11.8 Å². The predicted molar refractivity (Wildman–Crippen MR) is 102 cm³/mol. The number of rotatable bonds is 3. The van der Waals surface area contributed by atoms with Crippen LogP contribution in [0, 0.1) is 19.8 Å².